The van der Waals surface area contributed by atoms with Crippen LogP contribution in [-0.4, -0.2) is 71.6 Å². The van der Waals surface area contributed by atoms with Gasteiger partial charge >= 0.3 is 12.2 Å². The Labute approximate surface area is 395 Å². The zero-order valence-corrected chi connectivity index (χ0v) is 39.4. The molecule has 5 aromatic carbocycles. The highest BCUT2D eigenvalue weighted by Gasteiger charge is 2.57. The molecule has 63 heavy (non-hydrogen) atoms. The number of benzene rings is 5. The third-order valence-electron chi connectivity index (χ3n) is 10.5. The van der Waals surface area contributed by atoms with Gasteiger partial charge in [0, 0.05) is 12.1 Å². The van der Waals surface area contributed by atoms with Crippen LogP contribution in [0.5, 0.6) is 11.5 Å². The van der Waals surface area contributed by atoms with Gasteiger partial charge in [-0.1, -0.05) is 148 Å². The fourth-order valence-corrected chi connectivity index (χ4v) is 10.5. The van der Waals surface area contributed by atoms with Gasteiger partial charge in [-0.15, -0.1) is 0 Å². The van der Waals surface area contributed by atoms with Crippen LogP contribution in [-0.2, 0) is 55.4 Å². The molecule has 2 heterocycles. The van der Waals surface area contributed by atoms with Gasteiger partial charge in [0.15, 0.2) is 0 Å². The Morgan fingerprint density at radius 3 is 2.05 bits per heavy atom. The van der Waals surface area contributed by atoms with Gasteiger partial charge in [-0.3, -0.25) is 4.90 Å². The molecule has 0 aliphatic carbocycles. The van der Waals surface area contributed by atoms with E-state index in [2.05, 4.69) is 22.6 Å². The second-order valence-corrected chi connectivity index (χ2v) is 20.9. The van der Waals surface area contributed by atoms with Crippen molar-refractivity contribution in [3.8, 4) is 11.5 Å². The summed E-state index contributed by atoms with van der Waals surface area (Å²) in [5, 5.41) is 0. The van der Waals surface area contributed by atoms with Crippen LogP contribution in [0.2, 0.25) is 0 Å². The number of methoxy groups -OCH3 is 1. The van der Waals surface area contributed by atoms with Gasteiger partial charge in [0.25, 0.3) is 10.0 Å². The Bertz CT molecular complexity index is 2460. The number of alkyl halides is 4. The van der Waals surface area contributed by atoms with Crippen molar-refractivity contribution >= 4 is 85.3 Å². The number of fused-ring (bicyclic) bond motifs is 2. The second kappa shape index (κ2) is 20.7. The highest BCUT2D eigenvalue weighted by molar-refractivity contribution is 14.1. The first-order chi connectivity index (χ1) is 30.2. The van der Waals surface area contributed by atoms with E-state index in [0.29, 0.717) is 34.9 Å². The SMILES string of the molecule is COc1ccc(COC[C@H]2c3c(OCc4ccccc4)cc(COCc4ccccc4)cc3N(C(=O)OCC(Cl)(Cl)Cl)C[C@H](I)[C@@H]3[C@@H]2OC(=O)N3S(=O)(=O)c2ccc(C)cc2)cc1. The molecule has 12 nitrogen and oxygen atoms in total. The summed E-state index contributed by atoms with van der Waals surface area (Å²) in [6.45, 7) is 1.59. The van der Waals surface area contributed by atoms with Crippen molar-refractivity contribution in [3.05, 3.63) is 155 Å². The van der Waals surface area contributed by atoms with Gasteiger partial charge in [-0.05, 0) is 65.6 Å². The van der Waals surface area contributed by atoms with Crippen molar-refractivity contribution in [3.63, 3.8) is 0 Å². The number of anilines is 1. The van der Waals surface area contributed by atoms with Gasteiger partial charge in [-0.2, -0.15) is 4.31 Å². The molecule has 7 rings (SSSR count). The van der Waals surface area contributed by atoms with Crippen molar-refractivity contribution in [2.45, 2.75) is 64.0 Å². The summed E-state index contributed by atoms with van der Waals surface area (Å²) in [4.78, 5) is 29.9. The largest absolute Gasteiger partial charge is 0.497 e. The van der Waals surface area contributed by atoms with Gasteiger partial charge in [-0.25, -0.2) is 18.0 Å². The zero-order chi connectivity index (χ0) is 44.7. The lowest BCUT2D eigenvalue weighted by molar-refractivity contribution is 0.0479. The maximum absolute atomic E-state index is 14.6. The molecule has 0 radical (unpaired) electrons. The normalized spacial score (nSPS) is 18.7. The van der Waals surface area contributed by atoms with Gasteiger partial charge in [0.1, 0.15) is 36.9 Å². The molecule has 1 saturated heterocycles. The predicted octanol–water partition coefficient (Wildman–Crippen LogP) is 10.3. The van der Waals surface area contributed by atoms with Crippen molar-refractivity contribution < 1.29 is 46.4 Å². The maximum atomic E-state index is 14.6. The van der Waals surface area contributed by atoms with E-state index in [0.717, 1.165) is 26.6 Å². The molecule has 17 heteroatoms. The molecule has 1 fully saturated rings. The van der Waals surface area contributed by atoms with E-state index in [1.807, 2.05) is 97.9 Å². The highest BCUT2D eigenvalue weighted by Crippen LogP contribution is 2.48. The average Bonchev–Trinajstić information content (AvgIpc) is 3.63. The van der Waals surface area contributed by atoms with E-state index < -0.39 is 54.6 Å². The number of aryl methyl sites for hydroxylation is 1. The standard InChI is InChI=1S/C46H44Cl3IN2O10S/c1-30-13-19-36(20-14-30)63(55,56)52-42-38(50)23-51(44(53)61-29-46(47,48)49)39-21-34(26-58-24-31-9-5-3-6-10-31)22-40(60-27-32-11-7-4-8-12-32)41(39)37(43(42)62-45(52)54)28-59-25-33-15-17-35(57-2)18-16-33/h3-22,37-38,42-43H,23-29H2,1-2H3/t37-,38-,42+,43+/m0/s1. The number of hydrogen-bond donors (Lipinski definition) is 0. The van der Waals surface area contributed by atoms with Crippen molar-refractivity contribution in [2.75, 3.05) is 31.8 Å². The van der Waals surface area contributed by atoms with Crippen LogP contribution in [0, 0.1) is 6.92 Å². The van der Waals surface area contributed by atoms with Gasteiger partial charge in [0.05, 0.1) is 54.0 Å². The molecule has 0 aromatic heterocycles. The van der Waals surface area contributed by atoms with Crippen LogP contribution in [0.25, 0.3) is 0 Å². The molecule has 0 saturated carbocycles. The third kappa shape index (κ3) is 11.5. The van der Waals surface area contributed by atoms with E-state index in [-0.39, 0.29) is 37.9 Å². The summed E-state index contributed by atoms with van der Waals surface area (Å²) in [5.41, 5.74) is 4.82. The topological polar surface area (TPSA) is 130 Å². The molecule has 0 bridgehead atoms. The third-order valence-corrected chi connectivity index (χ3v) is 13.7. The summed E-state index contributed by atoms with van der Waals surface area (Å²) < 4.78 is 63.7. The number of halogens is 4. The van der Waals surface area contributed by atoms with Crippen molar-refractivity contribution in [1.29, 1.82) is 0 Å². The molecule has 2 aliphatic rings. The Morgan fingerprint density at radius 1 is 0.810 bits per heavy atom. The number of rotatable bonds is 15. The lowest BCUT2D eigenvalue weighted by atomic mass is 9.84. The number of sulfonamides is 1. The molecule has 2 aliphatic heterocycles. The van der Waals surface area contributed by atoms with Crippen molar-refractivity contribution in [2.24, 2.45) is 0 Å². The summed E-state index contributed by atoms with van der Waals surface area (Å²) in [6.07, 6.45) is -3.10. The summed E-state index contributed by atoms with van der Waals surface area (Å²) in [5.74, 6) is 0.0480. The minimum Gasteiger partial charge on any atom is -0.497 e. The van der Waals surface area contributed by atoms with Gasteiger partial charge in [0.2, 0.25) is 3.79 Å². The van der Waals surface area contributed by atoms with E-state index in [1.54, 1.807) is 25.3 Å². The lowest BCUT2D eigenvalue weighted by Gasteiger charge is -2.39. The molecule has 2 amide bonds. The van der Waals surface area contributed by atoms with E-state index in [1.165, 1.54) is 17.0 Å². The van der Waals surface area contributed by atoms with E-state index in [9.17, 15) is 18.0 Å². The lowest BCUT2D eigenvalue weighted by Crippen LogP contribution is -2.54. The molecule has 0 N–H and O–H groups in total. The highest BCUT2D eigenvalue weighted by atomic mass is 127. The first-order valence-electron chi connectivity index (χ1n) is 19.8. The number of carbonyl (C=O) groups excluding carboxylic acids is 2. The molecular weight excluding hydrogens is 1010 g/mol. The number of ether oxygens (including phenoxy) is 6. The minimum absolute atomic E-state index is 0.102. The van der Waals surface area contributed by atoms with Crippen LogP contribution >= 0.6 is 57.4 Å². The first kappa shape index (κ1) is 46.7. The number of carbonyl (C=O) groups is 2. The monoisotopic (exact) mass is 1050 g/mol. The second-order valence-electron chi connectivity index (χ2n) is 15.0. The summed E-state index contributed by atoms with van der Waals surface area (Å²) in [7, 11) is -2.93. The van der Waals surface area contributed by atoms with Gasteiger partial charge < -0.3 is 28.4 Å². The first-order valence-corrected chi connectivity index (χ1v) is 23.7. The maximum Gasteiger partial charge on any atom is 0.424 e. The van der Waals surface area contributed by atoms with Crippen LogP contribution < -0.4 is 14.4 Å². The van der Waals surface area contributed by atoms with E-state index >= 15 is 0 Å². The Morgan fingerprint density at radius 2 is 1.41 bits per heavy atom. The smallest absolute Gasteiger partial charge is 0.424 e. The van der Waals surface area contributed by atoms with Crippen LogP contribution in [0.4, 0.5) is 15.3 Å². The Kier molecular flexibility index (Phi) is 15.3. The number of nitrogens with zero attached hydrogens (tertiary/aromatic N) is 2. The Hall–Kier alpha value is -4.29. The molecular formula is C46H44Cl3IN2O10S. The quantitative estimate of drug-likeness (QED) is 0.0738. The Balaban J connectivity index is 1.38. The number of amides is 2. The van der Waals surface area contributed by atoms with Crippen molar-refractivity contribution in [1.82, 2.24) is 4.31 Å². The number of hydrogen-bond acceptors (Lipinski definition) is 10. The molecule has 5 aromatic rings. The summed E-state index contributed by atoms with van der Waals surface area (Å²) >= 11 is 20.3. The fraction of sp³-hybridized carbons (Fsp3) is 0.304. The average molecular weight is 1050 g/mol. The summed E-state index contributed by atoms with van der Waals surface area (Å²) in [6, 6.07) is 35.1. The predicted molar refractivity (Wildman–Crippen MR) is 249 cm³/mol. The van der Waals surface area contributed by atoms with Crippen LogP contribution in [0.15, 0.2) is 126 Å². The molecule has 332 valence electrons. The molecule has 0 unspecified atom stereocenters. The molecule has 4 atom stereocenters. The van der Waals surface area contributed by atoms with E-state index in [4.69, 9.17) is 63.2 Å². The van der Waals surface area contributed by atoms with Crippen LogP contribution in [0.1, 0.15) is 39.3 Å². The zero-order valence-electron chi connectivity index (χ0n) is 34.2. The molecule has 0 spiro atoms. The minimum atomic E-state index is -4.50. The van der Waals surface area contributed by atoms with Crippen LogP contribution in [0.3, 0.4) is 0 Å². The fourth-order valence-electron chi connectivity index (χ4n) is 7.45.